The van der Waals surface area contributed by atoms with Gasteiger partial charge < -0.3 is 10.5 Å². The second kappa shape index (κ2) is 5.94. The number of benzene rings is 1. The van der Waals surface area contributed by atoms with E-state index < -0.39 is 0 Å². The molecule has 2 fully saturated rings. The lowest BCUT2D eigenvalue weighted by Crippen LogP contribution is -2.31. The zero-order chi connectivity index (χ0) is 13.9. The SMILES string of the molecule is NC(=O)c1cccc(CN(C[C@@H]2CCOC2)C2CC2)c1. The second-order valence-electron chi connectivity index (χ2n) is 5.95. The first-order valence-corrected chi connectivity index (χ1v) is 7.43. The van der Waals surface area contributed by atoms with Crippen LogP contribution in [-0.2, 0) is 11.3 Å². The van der Waals surface area contributed by atoms with E-state index >= 15 is 0 Å². The van der Waals surface area contributed by atoms with Gasteiger partial charge in [0.05, 0.1) is 6.61 Å². The minimum atomic E-state index is -0.353. The Bertz CT molecular complexity index is 479. The smallest absolute Gasteiger partial charge is 0.248 e. The van der Waals surface area contributed by atoms with Gasteiger partial charge in [0.15, 0.2) is 0 Å². The number of nitrogens with zero attached hydrogens (tertiary/aromatic N) is 1. The van der Waals surface area contributed by atoms with Crippen LogP contribution in [0.25, 0.3) is 0 Å². The van der Waals surface area contributed by atoms with E-state index in [1.807, 2.05) is 12.1 Å². The van der Waals surface area contributed by atoms with Gasteiger partial charge in [0, 0.05) is 31.3 Å². The zero-order valence-corrected chi connectivity index (χ0v) is 11.8. The molecule has 0 bridgehead atoms. The number of carbonyl (C=O) groups is 1. The van der Waals surface area contributed by atoms with E-state index in [1.54, 1.807) is 6.07 Å². The molecule has 4 nitrogen and oxygen atoms in total. The quantitative estimate of drug-likeness (QED) is 0.860. The van der Waals surface area contributed by atoms with Crippen molar-refractivity contribution in [2.45, 2.75) is 31.8 Å². The van der Waals surface area contributed by atoms with Crippen LogP contribution in [0.4, 0.5) is 0 Å². The Kier molecular flexibility index (Phi) is 4.03. The summed E-state index contributed by atoms with van der Waals surface area (Å²) in [5.41, 5.74) is 7.12. The number of hydrogen-bond donors (Lipinski definition) is 1. The van der Waals surface area contributed by atoms with Gasteiger partial charge in [-0.1, -0.05) is 12.1 Å². The molecule has 2 N–H and O–H groups in total. The van der Waals surface area contributed by atoms with Crippen LogP contribution in [0.3, 0.4) is 0 Å². The topological polar surface area (TPSA) is 55.6 Å². The molecule has 4 heteroatoms. The minimum absolute atomic E-state index is 0.353. The molecule has 1 aromatic carbocycles. The Morgan fingerprint density at radius 1 is 1.35 bits per heavy atom. The summed E-state index contributed by atoms with van der Waals surface area (Å²) in [6.07, 6.45) is 3.76. The standard InChI is InChI=1S/C16H22N2O2/c17-16(19)14-3-1-2-12(8-14)9-18(15-4-5-15)10-13-6-7-20-11-13/h1-3,8,13,15H,4-7,9-11H2,(H2,17,19)/t13-/m0/s1. The fourth-order valence-electron chi connectivity index (χ4n) is 2.90. The van der Waals surface area contributed by atoms with E-state index in [4.69, 9.17) is 10.5 Å². The van der Waals surface area contributed by atoms with E-state index in [-0.39, 0.29) is 5.91 Å². The molecule has 20 heavy (non-hydrogen) atoms. The van der Waals surface area contributed by atoms with Gasteiger partial charge in [0.1, 0.15) is 0 Å². The van der Waals surface area contributed by atoms with Gasteiger partial charge in [-0.25, -0.2) is 0 Å². The average Bonchev–Trinajstić information content (AvgIpc) is 3.17. The predicted octanol–water partition coefficient (Wildman–Crippen LogP) is 1.79. The van der Waals surface area contributed by atoms with E-state index in [0.29, 0.717) is 17.5 Å². The van der Waals surface area contributed by atoms with Crippen molar-refractivity contribution in [3.05, 3.63) is 35.4 Å². The molecule has 0 aromatic heterocycles. The Morgan fingerprint density at radius 2 is 2.20 bits per heavy atom. The first kappa shape index (κ1) is 13.6. The summed E-state index contributed by atoms with van der Waals surface area (Å²) < 4.78 is 5.47. The van der Waals surface area contributed by atoms with Crippen LogP contribution in [0.2, 0.25) is 0 Å². The molecule has 1 saturated carbocycles. The number of ether oxygens (including phenoxy) is 1. The number of rotatable bonds is 6. The van der Waals surface area contributed by atoms with E-state index in [1.165, 1.54) is 24.8 Å². The monoisotopic (exact) mass is 274 g/mol. The second-order valence-corrected chi connectivity index (χ2v) is 5.95. The summed E-state index contributed by atoms with van der Waals surface area (Å²) in [4.78, 5) is 13.8. The maximum atomic E-state index is 11.3. The molecule has 1 saturated heterocycles. The number of primary amides is 1. The van der Waals surface area contributed by atoms with E-state index in [2.05, 4.69) is 11.0 Å². The molecule has 3 rings (SSSR count). The van der Waals surface area contributed by atoms with Gasteiger partial charge in [-0.2, -0.15) is 0 Å². The van der Waals surface area contributed by atoms with Crippen molar-refractivity contribution in [1.29, 1.82) is 0 Å². The molecular formula is C16H22N2O2. The maximum absolute atomic E-state index is 11.3. The van der Waals surface area contributed by atoms with Crippen molar-refractivity contribution in [1.82, 2.24) is 4.90 Å². The summed E-state index contributed by atoms with van der Waals surface area (Å²) in [5, 5.41) is 0. The van der Waals surface area contributed by atoms with Crippen molar-refractivity contribution in [3.8, 4) is 0 Å². The fraction of sp³-hybridized carbons (Fsp3) is 0.562. The Labute approximate surface area is 119 Å². The van der Waals surface area contributed by atoms with Crippen molar-refractivity contribution in [2.75, 3.05) is 19.8 Å². The lowest BCUT2D eigenvalue weighted by Gasteiger charge is -2.25. The number of carbonyl (C=O) groups excluding carboxylic acids is 1. The molecule has 1 aromatic rings. The molecule has 1 aliphatic carbocycles. The first-order valence-electron chi connectivity index (χ1n) is 7.43. The van der Waals surface area contributed by atoms with Crippen LogP contribution in [0.15, 0.2) is 24.3 Å². The van der Waals surface area contributed by atoms with Gasteiger partial charge in [-0.3, -0.25) is 9.69 Å². The summed E-state index contributed by atoms with van der Waals surface area (Å²) in [6.45, 7) is 3.80. The van der Waals surface area contributed by atoms with Gasteiger partial charge in [0.25, 0.3) is 0 Å². The minimum Gasteiger partial charge on any atom is -0.381 e. The zero-order valence-electron chi connectivity index (χ0n) is 11.8. The molecule has 0 radical (unpaired) electrons. The van der Waals surface area contributed by atoms with Crippen LogP contribution in [0.1, 0.15) is 35.2 Å². The third kappa shape index (κ3) is 3.38. The van der Waals surface area contributed by atoms with Gasteiger partial charge in [0.2, 0.25) is 5.91 Å². The highest BCUT2D eigenvalue weighted by Crippen LogP contribution is 2.30. The van der Waals surface area contributed by atoms with Crippen LogP contribution in [0, 0.1) is 5.92 Å². The summed E-state index contributed by atoms with van der Waals surface area (Å²) >= 11 is 0. The largest absolute Gasteiger partial charge is 0.381 e. The Morgan fingerprint density at radius 3 is 2.85 bits per heavy atom. The molecule has 0 spiro atoms. The van der Waals surface area contributed by atoms with Crippen molar-refractivity contribution in [2.24, 2.45) is 11.7 Å². The Balaban J connectivity index is 1.66. The normalized spacial score (nSPS) is 22.4. The molecular weight excluding hydrogens is 252 g/mol. The maximum Gasteiger partial charge on any atom is 0.248 e. The molecule has 1 amide bonds. The Hall–Kier alpha value is -1.39. The lowest BCUT2D eigenvalue weighted by molar-refractivity contribution is 0.1000. The van der Waals surface area contributed by atoms with Crippen molar-refractivity contribution in [3.63, 3.8) is 0 Å². The average molecular weight is 274 g/mol. The number of amides is 1. The van der Waals surface area contributed by atoms with Gasteiger partial charge in [-0.05, 0) is 42.9 Å². The molecule has 1 aliphatic heterocycles. The van der Waals surface area contributed by atoms with Gasteiger partial charge >= 0.3 is 0 Å². The first-order chi connectivity index (χ1) is 9.72. The summed E-state index contributed by atoms with van der Waals surface area (Å²) in [5.74, 6) is 0.309. The molecule has 0 unspecified atom stereocenters. The predicted molar refractivity (Wildman–Crippen MR) is 77.3 cm³/mol. The third-order valence-electron chi connectivity index (χ3n) is 4.18. The van der Waals surface area contributed by atoms with Crippen LogP contribution >= 0.6 is 0 Å². The van der Waals surface area contributed by atoms with Crippen molar-refractivity contribution >= 4 is 5.91 Å². The fourth-order valence-corrected chi connectivity index (χ4v) is 2.90. The van der Waals surface area contributed by atoms with Gasteiger partial charge in [-0.15, -0.1) is 0 Å². The van der Waals surface area contributed by atoms with E-state index in [0.717, 1.165) is 26.3 Å². The molecule has 2 aliphatic rings. The highest BCUT2D eigenvalue weighted by atomic mass is 16.5. The molecule has 1 atom stereocenters. The highest BCUT2D eigenvalue weighted by Gasteiger charge is 2.31. The summed E-state index contributed by atoms with van der Waals surface area (Å²) in [6, 6.07) is 8.40. The molecule has 108 valence electrons. The van der Waals surface area contributed by atoms with E-state index in [9.17, 15) is 4.79 Å². The number of hydrogen-bond acceptors (Lipinski definition) is 3. The summed E-state index contributed by atoms with van der Waals surface area (Å²) in [7, 11) is 0. The highest BCUT2D eigenvalue weighted by molar-refractivity contribution is 5.92. The third-order valence-corrected chi connectivity index (χ3v) is 4.18. The van der Waals surface area contributed by atoms with Crippen LogP contribution in [-0.4, -0.2) is 36.6 Å². The van der Waals surface area contributed by atoms with Crippen LogP contribution < -0.4 is 5.73 Å². The molecule has 1 heterocycles. The van der Waals surface area contributed by atoms with Crippen molar-refractivity contribution < 1.29 is 9.53 Å². The lowest BCUT2D eigenvalue weighted by atomic mass is 10.1. The number of nitrogens with two attached hydrogens (primary N) is 1. The van der Waals surface area contributed by atoms with Crippen LogP contribution in [0.5, 0.6) is 0 Å².